The fourth-order valence-corrected chi connectivity index (χ4v) is 1.75. The minimum absolute atomic E-state index is 0.424. The average molecular weight is 242 g/mol. The van der Waals surface area contributed by atoms with E-state index in [4.69, 9.17) is 10.5 Å². The second-order valence-electron chi connectivity index (χ2n) is 3.88. The Labute approximate surface area is 105 Å². The molecule has 1 aromatic heterocycles. The summed E-state index contributed by atoms with van der Waals surface area (Å²) in [6.07, 6.45) is 3.00. The molecule has 0 aliphatic rings. The zero-order chi connectivity index (χ0) is 13.0. The van der Waals surface area contributed by atoms with Gasteiger partial charge in [0.05, 0.1) is 7.11 Å². The molecule has 4 heteroatoms. The lowest BCUT2D eigenvalue weighted by molar-refractivity contribution is -0.107. The predicted molar refractivity (Wildman–Crippen MR) is 70.4 cm³/mol. The largest absolute Gasteiger partial charge is 0.496 e. The van der Waals surface area contributed by atoms with Crippen molar-refractivity contribution in [3.05, 3.63) is 42.1 Å². The van der Waals surface area contributed by atoms with E-state index in [2.05, 4.69) is 4.98 Å². The Hall–Kier alpha value is -2.36. The number of hydrogen-bond donors (Lipinski definition) is 1. The van der Waals surface area contributed by atoms with Crippen molar-refractivity contribution in [2.24, 2.45) is 0 Å². The highest BCUT2D eigenvalue weighted by Crippen LogP contribution is 2.30. The Morgan fingerprint density at radius 2 is 2.06 bits per heavy atom. The minimum Gasteiger partial charge on any atom is -0.496 e. The molecular formula is C14H14N2O2. The molecule has 0 aliphatic carbocycles. The number of nitrogen functional groups attached to an aromatic ring is 1. The topological polar surface area (TPSA) is 65.2 Å². The van der Waals surface area contributed by atoms with E-state index >= 15 is 0 Å². The van der Waals surface area contributed by atoms with E-state index in [9.17, 15) is 4.79 Å². The van der Waals surface area contributed by atoms with Gasteiger partial charge in [-0.3, -0.25) is 0 Å². The number of rotatable bonds is 4. The van der Waals surface area contributed by atoms with Crippen LogP contribution in [-0.2, 0) is 11.2 Å². The number of anilines is 1. The highest BCUT2D eigenvalue weighted by molar-refractivity contribution is 5.71. The van der Waals surface area contributed by atoms with Crippen molar-refractivity contribution >= 4 is 12.1 Å². The van der Waals surface area contributed by atoms with E-state index in [0.717, 1.165) is 23.0 Å². The summed E-state index contributed by atoms with van der Waals surface area (Å²) in [7, 11) is 1.60. The Morgan fingerprint density at radius 1 is 1.33 bits per heavy atom. The monoisotopic (exact) mass is 242 g/mol. The van der Waals surface area contributed by atoms with Crippen LogP contribution in [0.1, 0.15) is 5.56 Å². The lowest BCUT2D eigenvalue weighted by Gasteiger charge is -2.09. The Bertz CT molecular complexity index is 550. The Balaban J connectivity index is 2.38. The molecule has 0 amide bonds. The molecule has 2 rings (SSSR count). The number of methoxy groups -OCH3 is 1. The van der Waals surface area contributed by atoms with Crippen LogP contribution < -0.4 is 10.5 Å². The lowest BCUT2D eigenvalue weighted by Crippen LogP contribution is -1.94. The van der Waals surface area contributed by atoms with Gasteiger partial charge in [0.1, 0.15) is 17.9 Å². The first-order valence-electron chi connectivity index (χ1n) is 5.57. The normalized spacial score (nSPS) is 10.1. The molecule has 2 N–H and O–H groups in total. The van der Waals surface area contributed by atoms with Crippen molar-refractivity contribution in [1.29, 1.82) is 0 Å². The van der Waals surface area contributed by atoms with Gasteiger partial charge in [0, 0.05) is 24.2 Å². The van der Waals surface area contributed by atoms with Gasteiger partial charge in [-0.05, 0) is 11.1 Å². The van der Waals surface area contributed by atoms with Crippen LogP contribution in [-0.4, -0.2) is 18.4 Å². The van der Waals surface area contributed by atoms with E-state index in [1.807, 2.05) is 24.3 Å². The van der Waals surface area contributed by atoms with Crippen molar-refractivity contribution in [1.82, 2.24) is 4.98 Å². The Morgan fingerprint density at radius 3 is 2.67 bits per heavy atom. The minimum atomic E-state index is 0.424. The van der Waals surface area contributed by atoms with Gasteiger partial charge < -0.3 is 15.3 Å². The van der Waals surface area contributed by atoms with E-state index in [-0.39, 0.29) is 0 Å². The Kier molecular flexibility index (Phi) is 3.57. The van der Waals surface area contributed by atoms with E-state index in [0.29, 0.717) is 18.0 Å². The van der Waals surface area contributed by atoms with Gasteiger partial charge in [0.25, 0.3) is 0 Å². The fraction of sp³-hybridized carbons (Fsp3) is 0.143. The number of nitrogens with zero attached hydrogens (tertiary/aromatic N) is 1. The first-order chi connectivity index (χ1) is 8.74. The first-order valence-corrected chi connectivity index (χ1v) is 5.57. The summed E-state index contributed by atoms with van der Waals surface area (Å²) in [5, 5.41) is 0. The summed E-state index contributed by atoms with van der Waals surface area (Å²) in [5.74, 6) is 1.11. The van der Waals surface area contributed by atoms with E-state index < -0.39 is 0 Å². The summed E-state index contributed by atoms with van der Waals surface area (Å²) >= 11 is 0. The SMILES string of the molecule is COc1cc(N)ncc1-c1ccc(CC=O)cc1. The van der Waals surface area contributed by atoms with Crippen LogP contribution in [0.2, 0.25) is 0 Å². The van der Waals surface area contributed by atoms with E-state index in [1.165, 1.54) is 0 Å². The maximum Gasteiger partial charge on any atom is 0.131 e. The number of ether oxygens (including phenoxy) is 1. The standard InChI is InChI=1S/C14H14N2O2/c1-18-13-8-14(15)16-9-12(13)11-4-2-10(3-5-11)6-7-17/h2-5,7-9H,6H2,1H3,(H2,15,16). The molecular weight excluding hydrogens is 228 g/mol. The molecule has 1 heterocycles. The molecule has 0 unspecified atom stereocenters. The van der Waals surface area contributed by atoms with Crippen LogP contribution in [0.25, 0.3) is 11.1 Å². The average Bonchev–Trinajstić information content (AvgIpc) is 2.40. The fourth-order valence-electron chi connectivity index (χ4n) is 1.75. The third-order valence-corrected chi connectivity index (χ3v) is 2.69. The molecule has 0 saturated carbocycles. The van der Waals surface area contributed by atoms with Crippen molar-refractivity contribution in [3.8, 4) is 16.9 Å². The molecule has 2 aromatic rings. The molecule has 0 fully saturated rings. The van der Waals surface area contributed by atoms with Crippen molar-refractivity contribution in [2.75, 3.05) is 12.8 Å². The number of nitrogens with two attached hydrogens (primary N) is 1. The number of benzene rings is 1. The van der Waals surface area contributed by atoms with Crippen LogP contribution in [0.3, 0.4) is 0 Å². The van der Waals surface area contributed by atoms with Crippen LogP contribution in [0, 0.1) is 0 Å². The first kappa shape index (κ1) is 12.1. The third kappa shape index (κ3) is 2.48. The molecule has 0 spiro atoms. The number of carbonyl (C=O) groups is 1. The molecule has 4 nitrogen and oxygen atoms in total. The van der Waals surface area contributed by atoms with Gasteiger partial charge in [0.2, 0.25) is 0 Å². The quantitative estimate of drug-likeness (QED) is 0.834. The summed E-state index contributed by atoms with van der Waals surface area (Å²) in [6.45, 7) is 0. The number of carbonyl (C=O) groups excluding carboxylic acids is 1. The molecule has 1 aromatic carbocycles. The highest BCUT2D eigenvalue weighted by atomic mass is 16.5. The molecule has 0 radical (unpaired) electrons. The molecule has 0 aliphatic heterocycles. The molecule has 92 valence electrons. The van der Waals surface area contributed by atoms with Gasteiger partial charge >= 0.3 is 0 Å². The van der Waals surface area contributed by atoms with Gasteiger partial charge in [-0.1, -0.05) is 24.3 Å². The summed E-state index contributed by atoms with van der Waals surface area (Å²) in [5.41, 5.74) is 8.46. The number of hydrogen-bond acceptors (Lipinski definition) is 4. The van der Waals surface area contributed by atoms with Crippen molar-refractivity contribution in [3.63, 3.8) is 0 Å². The van der Waals surface area contributed by atoms with Crippen molar-refractivity contribution < 1.29 is 9.53 Å². The van der Waals surface area contributed by atoms with Gasteiger partial charge in [-0.15, -0.1) is 0 Å². The van der Waals surface area contributed by atoms with Crippen LogP contribution in [0.4, 0.5) is 5.82 Å². The lowest BCUT2D eigenvalue weighted by atomic mass is 10.0. The van der Waals surface area contributed by atoms with Crippen LogP contribution in [0.5, 0.6) is 5.75 Å². The zero-order valence-corrected chi connectivity index (χ0v) is 10.1. The number of pyridine rings is 1. The van der Waals surface area contributed by atoms with Crippen LogP contribution in [0.15, 0.2) is 36.5 Å². The summed E-state index contributed by atoms with van der Waals surface area (Å²) in [4.78, 5) is 14.5. The molecule has 0 atom stereocenters. The number of aldehydes is 1. The van der Waals surface area contributed by atoms with E-state index in [1.54, 1.807) is 19.4 Å². The molecule has 0 bridgehead atoms. The maximum atomic E-state index is 10.4. The number of aromatic nitrogens is 1. The highest BCUT2D eigenvalue weighted by Gasteiger charge is 2.07. The van der Waals surface area contributed by atoms with Gasteiger partial charge in [0.15, 0.2) is 0 Å². The summed E-state index contributed by atoms with van der Waals surface area (Å²) < 4.78 is 5.28. The van der Waals surface area contributed by atoms with Crippen molar-refractivity contribution in [2.45, 2.75) is 6.42 Å². The zero-order valence-electron chi connectivity index (χ0n) is 10.1. The molecule has 18 heavy (non-hydrogen) atoms. The second kappa shape index (κ2) is 5.31. The molecule has 0 saturated heterocycles. The summed E-state index contributed by atoms with van der Waals surface area (Å²) in [6, 6.07) is 9.40. The predicted octanol–water partition coefficient (Wildman–Crippen LogP) is 2.08. The smallest absolute Gasteiger partial charge is 0.131 e. The van der Waals surface area contributed by atoms with Gasteiger partial charge in [-0.2, -0.15) is 0 Å². The third-order valence-electron chi connectivity index (χ3n) is 2.69. The van der Waals surface area contributed by atoms with Gasteiger partial charge in [-0.25, -0.2) is 4.98 Å². The second-order valence-corrected chi connectivity index (χ2v) is 3.88. The maximum absolute atomic E-state index is 10.4. The van der Waals surface area contributed by atoms with Crippen LogP contribution >= 0.6 is 0 Å².